The van der Waals surface area contributed by atoms with Gasteiger partial charge in [-0.15, -0.1) is 0 Å². The largest absolute Gasteiger partial charge is 0.496 e. The molecule has 1 aromatic carbocycles. The van der Waals surface area contributed by atoms with Crippen LogP contribution in [0.4, 0.5) is 0 Å². The van der Waals surface area contributed by atoms with Gasteiger partial charge in [-0.3, -0.25) is 0 Å². The summed E-state index contributed by atoms with van der Waals surface area (Å²) in [4.78, 5) is 0. The first kappa shape index (κ1) is 26.5. The molecule has 0 spiro atoms. The standard InChI is InChI=1S/C32H50O4/c1-20(8-7-10-27(33)22-9-5-6-11-29(22)36-4)23-14-15-24-21-12-13-26-30(35)28(34)17-19-32(26,3)25(21)16-18-31(23,24)2/h5-6,9,11,20-21,23-28,30,33-35H,7-8,10,12-19H2,1-4H3/t20?,21-,23+,24-,25-,26-,27?,28-,30+,31+,32+/m0/s1. The normalized spacial score (nSPS) is 43.7. The van der Waals surface area contributed by atoms with Gasteiger partial charge in [0.15, 0.2) is 0 Å². The number of benzene rings is 1. The van der Waals surface area contributed by atoms with Crippen molar-refractivity contribution in [1.82, 2.24) is 0 Å². The van der Waals surface area contributed by atoms with E-state index < -0.39 is 18.3 Å². The molecule has 4 fully saturated rings. The van der Waals surface area contributed by atoms with Gasteiger partial charge < -0.3 is 20.1 Å². The fourth-order valence-corrected chi connectivity index (χ4v) is 10.2. The number of hydrogen-bond donors (Lipinski definition) is 3. The third-order valence-corrected chi connectivity index (χ3v) is 12.1. The van der Waals surface area contributed by atoms with Gasteiger partial charge in [0.2, 0.25) is 0 Å². The fourth-order valence-electron chi connectivity index (χ4n) is 10.2. The number of para-hydroxylation sites is 1. The summed E-state index contributed by atoms with van der Waals surface area (Å²) in [6.45, 7) is 7.53. The molecule has 0 heterocycles. The Hall–Kier alpha value is -1.10. The lowest BCUT2D eigenvalue weighted by Crippen LogP contribution is -2.58. The Balaban J connectivity index is 1.21. The Bertz CT molecular complexity index is 902. The minimum Gasteiger partial charge on any atom is -0.496 e. The summed E-state index contributed by atoms with van der Waals surface area (Å²) in [6, 6.07) is 7.84. The van der Waals surface area contributed by atoms with Gasteiger partial charge >= 0.3 is 0 Å². The van der Waals surface area contributed by atoms with Crippen molar-refractivity contribution in [2.24, 2.45) is 46.3 Å². The van der Waals surface area contributed by atoms with Crippen LogP contribution in [0.3, 0.4) is 0 Å². The van der Waals surface area contributed by atoms with Crippen LogP contribution in [0.2, 0.25) is 0 Å². The lowest BCUT2D eigenvalue weighted by Gasteiger charge is -2.62. The van der Waals surface area contributed by atoms with Gasteiger partial charge in [0.1, 0.15) is 5.75 Å². The predicted molar refractivity (Wildman–Crippen MR) is 144 cm³/mol. The van der Waals surface area contributed by atoms with Crippen LogP contribution in [-0.2, 0) is 0 Å². The zero-order valence-corrected chi connectivity index (χ0v) is 23.0. The summed E-state index contributed by atoms with van der Waals surface area (Å²) >= 11 is 0. The second-order valence-corrected chi connectivity index (χ2v) is 13.6. The molecule has 4 heteroatoms. The maximum atomic E-state index is 10.8. The number of fused-ring (bicyclic) bond motifs is 5. The smallest absolute Gasteiger partial charge is 0.124 e. The van der Waals surface area contributed by atoms with Crippen LogP contribution in [-0.4, -0.2) is 34.6 Å². The monoisotopic (exact) mass is 498 g/mol. The molecule has 0 saturated heterocycles. The molecule has 4 aliphatic rings. The molecule has 0 bridgehead atoms. The minimum absolute atomic E-state index is 0.196. The first-order chi connectivity index (χ1) is 17.2. The maximum Gasteiger partial charge on any atom is 0.124 e. The molecule has 2 unspecified atom stereocenters. The van der Waals surface area contributed by atoms with Crippen molar-refractivity contribution in [3.63, 3.8) is 0 Å². The third-order valence-electron chi connectivity index (χ3n) is 12.1. The van der Waals surface area contributed by atoms with E-state index in [9.17, 15) is 15.3 Å². The van der Waals surface area contributed by atoms with Gasteiger partial charge in [0.25, 0.3) is 0 Å². The molecule has 0 aliphatic heterocycles. The number of aliphatic hydroxyl groups is 3. The van der Waals surface area contributed by atoms with Gasteiger partial charge in [-0.1, -0.05) is 51.8 Å². The molecule has 36 heavy (non-hydrogen) atoms. The van der Waals surface area contributed by atoms with E-state index in [1.54, 1.807) is 7.11 Å². The summed E-state index contributed by atoms with van der Waals surface area (Å²) in [5, 5.41) is 32.0. The highest BCUT2D eigenvalue weighted by Crippen LogP contribution is 2.68. The Kier molecular flexibility index (Phi) is 7.53. The van der Waals surface area contributed by atoms with Crippen LogP contribution >= 0.6 is 0 Å². The highest BCUT2D eigenvalue weighted by atomic mass is 16.5. The van der Waals surface area contributed by atoms with E-state index >= 15 is 0 Å². The summed E-state index contributed by atoms with van der Waals surface area (Å²) in [5.41, 5.74) is 1.53. The van der Waals surface area contributed by atoms with Crippen LogP contribution in [0.1, 0.15) is 103 Å². The van der Waals surface area contributed by atoms with E-state index in [-0.39, 0.29) is 11.3 Å². The molecule has 0 amide bonds. The first-order valence-corrected chi connectivity index (χ1v) is 14.9. The molecule has 4 aliphatic carbocycles. The van der Waals surface area contributed by atoms with Gasteiger partial charge in [-0.2, -0.15) is 0 Å². The number of aliphatic hydroxyl groups excluding tert-OH is 3. The van der Waals surface area contributed by atoms with Crippen LogP contribution in [0, 0.1) is 46.3 Å². The summed E-state index contributed by atoms with van der Waals surface area (Å²) in [7, 11) is 1.67. The molecular weight excluding hydrogens is 448 g/mol. The van der Waals surface area contributed by atoms with Gasteiger partial charge in [-0.25, -0.2) is 0 Å². The number of ether oxygens (including phenoxy) is 1. The lowest BCUT2D eigenvalue weighted by atomic mass is 9.44. The zero-order chi connectivity index (χ0) is 25.7. The Labute approximate surface area is 218 Å². The average Bonchev–Trinajstić information content (AvgIpc) is 3.23. The van der Waals surface area contributed by atoms with Gasteiger partial charge in [-0.05, 0) is 110 Å². The summed E-state index contributed by atoms with van der Waals surface area (Å²) in [6.07, 6.45) is 11.0. The average molecular weight is 499 g/mol. The van der Waals surface area contributed by atoms with Crippen molar-refractivity contribution >= 4 is 0 Å². The van der Waals surface area contributed by atoms with Crippen LogP contribution in [0.5, 0.6) is 5.75 Å². The highest BCUT2D eigenvalue weighted by Gasteiger charge is 2.61. The van der Waals surface area contributed by atoms with Crippen molar-refractivity contribution in [1.29, 1.82) is 0 Å². The molecule has 3 N–H and O–H groups in total. The second-order valence-electron chi connectivity index (χ2n) is 13.6. The van der Waals surface area contributed by atoms with Crippen molar-refractivity contribution < 1.29 is 20.1 Å². The Morgan fingerprint density at radius 2 is 1.58 bits per heavy atom. The van der Waals surface area contributed by atoms with Crippen LogP contribution in [0.15, 0.2) is 24.3 Å². The van der Waals surface area contributed by atoms with E-state index in [2.05, 4.69) is 20.8 Å². The molecular formula is C32H50O4. The van der Waals surface area contributed by atoms with Crippen molar-refractivity contribution in [3.05, 3.63) is 29.8 Å². The molecule has 5 rings (SSSR count). The number of hydrogen-bond acceptors (Lipinski definition) is 4. The second kappa shape index (κ2) is 10.2. The van der Waals surface area contributed by atoms with Gasteiger partial charge in [0, 0.05) is 5.56 Å². The van der Waals surface area contributed by atoms with Gasteiger partial charge in [0.05, 0.1) is 25.4 Å². The topological polar surface area (TPSA) is 69.9 Å². The SMILES string of the molecule is COc1ccccc1C(O)CCCC(C)[C@H]1CC[C@H]2[C@@H]3CC[C@H]4[C@@H](O)[C@@H](O)CC[C@]4(C)[C@H]3CC[C@]12C. The molecule has 4 nitrogen and oxygen atoms in total. The molecule has 1 aromatic rings. The van der Waals surface area contributed by atoms with E-state index in [1.165, 1.54) is 38.5 Å². The van der Waals surface area contributed by atoms with Crippen molar-refractivity contribution in [3.8, 4) is 5.75 Å². The Morgan fingerprint density at radius 3 is 2.36 bits per heavy atom. The zero-order valence-electron chi connectivity index (χ0n) is 23.0. The predicted octanol–water partition coefficient (Wildman–Crippen LogP) is 6.53. The minimum atomic E-state index is -0.527. The quantitative estimate of drug-likeness (QED) is 0.400. The van der Waals surface area contributed by atoms with Crippen LogP contribution < -0.4 is 4.74 Å². The number of rotatable bonds is 7. The highest BCUT2D eigenvalue weighted by molar-refractivity contribution is 5.34. The molecule has 0 aromatic heterocycles. The van der Waals surface area contributed by atoms with Crippen molar-refractivity contribution in [2.45, 2.75) is 110 Å². The van der Waals surface area contributed by atoms with E-state index in [0.717, 1.165) is 61.2 Å². The fraction of sp³-hybridized carbons (Fsp3) is 0.812. The lowest BCUT2D eigenvalue weighted by molar-refractivity contribution is -0.174. The molecule has 11 atom stereocenters. The van der Waals surface area contributed by atoms with E-state index in [4.69, 9.17) is 4.74 Å². The summed E-state index contributed by atoms with van der Waals surface area (Å²) < 4.78 is 5.46. The maximum absolute atomic E-state index is 10.8. The van der Waals surface area contributed by atoms with E-state index in [1.807, 2.05) is 24.3 Å². The van der Waals surface area contributed by atoms with Crippen molar-refractivity contribution in [2.75, 3.05) is 7.11 Å². The molecule has 0 radical (unpaired) electrons. The van der Waals surface area contributed by atoms with Crippen LogP contribution in [0.25, 0.3) is 0 Å². The molecule has 202 valence electrons. The first-order valence-electron chi connectivity index (χ1n) is 14.9. The van der Waals surface area contributed by atoms with E-state index in [0.29, 0.717) is 17.3 Å². The summed E-state index contributed by atoms with van der Waals surface area (Å²) in [5.74, 6) is 4.82. The number of methoxy groups -OCH3 is 1. The third kappa shape index (κ3) is 4.33. The Morgan fingerprint density at radius 1 is 0.889 bits per heavy atom. The molecule has 4 saturated carbocycles.